The number of aryl methyl sites for hydroxylation is 1. The number of Topliss-reactive ketones (excluding diaryl/α,β-unsaturated/α-hetero) is 1. The number of methoxy groups -OCH3 is 1. The third-order valence-electron chi connectivity index (χ3n) is 8.62. The van der Waals surface area contributed by atoms with Crippen molar-refractivity contribution in [1.82, 2.24) is 4.90 Å². The maximum Gasteiger partial charge on any atom is 0.328 e. The highest BCUT2D eigenvalue weighted by Gasteiger charge is 2.55. The molecule has 2 aliphatic heterocycles. The zero-order chi connectivity index (χ0) is 31.3. The summed E-state index contributed by atoms with van der Waals surface area (Å²) in [4.78, 5) is 33.3. The van der Waals surface area contributed by atoms with E-state index in [4.69, 9.17) is 9.47 Å². The Kier molecular flexibility index (Phi) is 11.1. The van der Waals surface area contributed by atoms with E-state index in [0.717, 1.165) is 55.8 Å². The number of thiophene rings is 1. The van der Waals surface area contributed by atoms with Crippen molar-refractivity contribution in [2.45, 2.75) is 87.9 Å². The first kappa shape index (κ1) is 33.6. The van der Waals surface area contributed by atoms with Crippen molar-refractivity contribution < 1.29 is 27.5 Å². The van der Waals surface area contributed by atoms with Gasteiger partial charge in [0.05, 0.1) is 16.4 Å². The van der Waals surface area contributed by atoms with E-state index in [2.05, 4.69) is 22.8 Å². The van der Waals surface area contributed by atoms with Crippen molar-refractivity contribution in [2.24, 2.45) is 5.92 Å². The van der Waals surface area contributed by atoms with E-state index in [-0.39, 0.29) is 29.4 Å². The smallest absolute Gasteiger partial charge is 0.328 e. The van der Waals surface area contributed by atoms with Crippen LogP contribution in [0, 0.1) is 5.92 Å². The minimum Gasteiger partial charge on any atom is -0.459 e. The zero-order valence-corrected chi connectivity index (χ0v) is 28.0. The number of anilines is 1. The second kappa shape index (κ2) is 14.2. The molecule has 0 atom stereocenters. The summed E-state index contributed by atoms with van der Waals surface area (Å²) in [6, 6.07) is 11.0. The van der Waals surface area contributed by atoms with Gasteiger partial charge < -0.3 is 19.3 Å². The number of piperidine rings is 2. The molecule has 0 N–H and O–H groups in total. The molecule has 0 aliphatic carbocycles. The lowest BCUT2D eigenvalue weighted by molar-refractivity contribution is -0.159. The molecule has 0 amide bonds. The number of ether oxygens (including phenoxy) is 2. The van der Waals surface area contributed by atoms with Crippen molar-refractivity contribution in [3.63, 3.8) is 0 Å². The molecular weight excluding hydrogens is 585 g/mol. The van der Waals surface area contributed by atoms with Crippen LogP contribution in [0.2, 0.25) is 0 Å². The van der Waals surface area contributed by atoms with Crippen LogP contribution in [-0.4, -0.2) is 81.9 Å². The van der Waals surface area contributed by atoms with Crippen molar-refractivity contribution in [3.05, 3.63) is 46.2 Å². The molecule has 10 heteroatoms. The van der Waals surface area contributed by atoms with E-state index in [9.17, 15) is 18.0 Å². The van der Waals surface area contributed by atoms with E-state index in [1.807, 2.05) is 18.2 Å². The predicted molar refractivity (Wildman–Crippen MR) is 172 cm³/mol. The fourth-order valence-corrected chi connectivity index (χ4v) is 8.97. The summed E-state index contributed by atoms with van der Waals surface area (Å²) >= 11 is 1.63. The zero-order valence-electron chi connectivity index (χ0n) is 26.4. The maximum absolute atomic E-state index is 14.2. The molecule has 0 bridgehead atoms. The topological polar surface area (TPSA) is 93.2 Å². The number of carbonyl (C=O) groups is 2. The Balaban J connectivity index is 1.44. The Labute approximate surface area is 261 Å². The van der Waals surface area contributed by atoms with E-state index < -0.39 is 26.2 Å². The van der Waals surface area contributed by atoms with Crippen LogP contribution in [-0.2, 0) is 30.5 Å². The van der Waals surface area contributed by atoms with Gasteiger partial charge in [-0.15, -0.1) is 11.3 Å². The van der Waals surface area contributed by atoms with E-state index in [1.165, 1.54) is 4.88 Å². The van der Waals surface area contributed by atoms with Gasteiger partial charge in [-0.25, -0.2) is 8.42 Å². The fourth-order valence-electron chi connectivity index (χ4n) is 5.97. The molecule has 0 spiro atoms. The molecule has 8 nitrogen and oxygen atoms in total. The number of unbranched alkanes of at least 4 members (excludes halogenated alkanes) is 1. The minimum atomic E-state index is -4.04. The fraction of sp³-hybridized carbons (Fsp3) is 0.636. The normalized spacial score (nSPS) is 18.5. The van der Waals surface area contributed by atoms with Crippen LogP contribution in [0.25, 0.3) is 0 Å². The summed E-state index contributed by atoms with van der Waals surface area (Å²) in [5, 5.41) is 0. The van der Waals surface area contributed by atoms with Gasteiger partial charge in [0.2, 0.25) is 0 Å². The predicted octanol–water partition coefficient (Wildman–Crippen LogP) is 5.79. The van der Waals surface area contributed by atoms with Gasteiger partial charge >= 0.3 is 5.97 Å². The van der Waals surface area contributed by atoms with Crippen molar-refractivity contribution in [2.75, 3.05) is 51.3 Å². The highest BCUT2D eigenvalue weighted by Crippen LogP contribution is 2.39. The third-order valence-corrected chi connectivity index (χ3v) is 12.3. The number of nitrogens with zero attached hydrogens (tertiary/aromatic N) is 2. The van der Waals surface area contributed by atoms with Crippen molar-refractivity contribution >= 4 is 38.6 Å². The number of sulfone groups is 1. The Morgan fingerprint density at radius 1 is 1.00 bits per heavy atom. The second-order valence-corrected chi connectivity index (χ2v) is 16.3. The molecule has 4 rings (SSSR count). The van der Waals surface area contributed by atoms with Crippen LogP contribution < -0.4 is 4.90 Å². The Bertz CT molecular complexity index is 1330. The summed E-state index contributed by atoms with van der Waals surface area (Å²) in [6.45, 7) is 11.1. The summed E-state index contributed by atoms with van der Waals surface area (Å²) in [7, 11) is -2.40. The molecule has 43 heavy (non-hydrogen) atoms. The second-order valence-electron chi connectivity index (χ2n) is 12.8. The minimum absolute atomic E-state index is 0.0111. The first-order valence-corrected chi connectivity index (χ1v) is 17.9. The number of rotatable bonds is 12. The summed E-state index contributed by atoms with van der Waals surface area (Å²) < 4.78 is 37.6. The number of likely N-dealkylation sites (tertiary alicyclic amines) is 1. The summed E-state index contributed by atoms with van der Waals surface area (Å²) in [5.74, 6) is -0.419. The monoisotopic (exact) mass is 632 g/mol. The Hall–Kier alpha value is -2.27. The number of hydrogen-bond donors (Lipinski definition) is 0. The Morgan fingerprint density at radius 3 is 2.23 bits per heavy atom. The van der Waals surface area contributed by atoms with Crippen LogP contribution in [0.3, 0.4) is 0 Å². The summed E-state index contributed by atoms with van der Waals surface area (Å²) in [5.41, 5.74) is 0.119. The molecule has 2 saturated heterocycles. The van der Waals surface area contributed by atoms with Gasteiger partial charge in [-0.1, -0.05) is 13.3 Å². The van der Waals surface area contributed by atoms with Gasteiger partial charge in [0.25, 0.3) is 0 Å². The largest absolute Gasteiger partial charge is 0.459 e. The van der Waals surface area contributed by atoms with Crippen LogP contribution in [0.15, 0.2) is 41.3 Å². The standard InChI is InChI=1S/C33H48N2O6S2/c1-6-7-8-27-11-14-29(42-27)30(36)25-15-19-35(20-16-25)26-9-12-28(13-10-26)43(38,39)33(31(37)41-32(2,3)4)17-21-34(22-18-33)23-24-40-5/h9-14,25H,6-8,15-24H2,1-5H3. The van der Waals surface area contributed by atoms with Crippen LogP contribution >= 0.6 is 11.3 Å². The quantitative estimate of drug-likeness (QED) is 0.215. The molecule has 0 unspecified atom stereocenters. The summed E-state index contributed by atoms with van der Waals surface area (Å²) in [6.07, 6.45) is 5.19. The van der Waals surface area contributed by atoms with Crippen LogP contribution in [0.1, 0.15) is 80.8 Å². The van der Waals surface area contributed by atoms with Gasteiger partial charge in [0, 0.05) is 56.3 Å². The highest BCUT2D eigenvalue weighted by molar-refractivity contribution is 7.93. The first-order valence-electron chi connectivity index (χ1n) is 15.6. The Morgan fingerprint density at radius 2 is 1.65 bits per heavy atom. The van der Waals surface area contributed by atoms with Gasteiger partial charge in [-0.05, 0) is 95.7 Å². The van der Waals surface area contributed by atoms with Crippen LogP contribution in [0.4, 0.5) is 5.69 Å². The third kappa shape index (κ3) is 7.88. The van der Waals surface area contributed by atoms with Gasteiger partial charge in [-0.2, -0.15) is 0 Å². The highest BCUT2D eigenvalue weighted by atomic mass is 32.2. The molecule has 0 saturated carbocycles. The van der Waals surface area contributed by atoms with E-state index in [1.54, 1.807) is 51.4 Å². The average molecular weight is 633 g/mol. The number of hydrogen-bond acceptors (Lipinski definition) is 9. The molecule has 2 aromatic rings. The van der Waals surface area contributed by atoms with Crippen molar-refractivity contribution in [3.8, 4) is 0 Å². The maximum atomic E-state index is 14.2. The average Bonchev–Trinajstić information content (AvgIpc) is 3.47. The van der Waals surface area contributed by atoms with Crippen molar-refractivity contribution in [1.29, 1.82) is 0 Å². The van der Waals surface area contributed by atoms with Gasteiger partial charge in [0.1, 0.15) is 5.60 Å². The number of esters is 1. The van der Waals surface area contributed by atoms with E-state index in [0.29, 0.717) is 26.2 Å². The molecular formula is C33H48N2O6S2. The van der Waals surface area contributed by atoms with Crippen LogP contribution in [0.5, 0.6) is 0 Å². The number of carbonyl (C=O) groups excluding carboxylic acids is 2. The first-order chi connectivity index (χ1) is 20.4. The molecule has 238 valence electrons. The van der Waals surface area contributed by atoms with E-state index >= 15 is 0 Å². The molecule has 0 radical (unpaired) electrons. The lowest BCUT2D eigenvalue weighted by Gasteiger charge is -2.40. The lowest BCUT2D eigenvalue weighted by atomic mass is 9.91. The number of ketones is 1. The van der Waals surface area contributed by atoms with Gasteiger partial charge in [0.15, 0.2) is 20.4 Å². The molecule has 2 aliphatic rings. The molecule has 1 aromatic heterocycles. The number of benzene rings is 1. The lowest BCUT2D eigenvalue weighted by Crippen LogP contribution is -2.56. The molecule has 2 fully saturated rings. The van der Waals surface area contributed by atoms with Gasteiger partial charge in [-0.3, -0.25) is 9.59 Å². The SMILES string of the molecule is CCCCc1ccc(C(=O)C2CCN(c3ccc(S(=O)(=O)C4(C(=O)OC(C)(C)C)CCN(CCOC)CC4)cc3)CC2)s1. The molecule has 1 aromatic carbocycles. The molecule has 3 heterocycles.